The van der Waals surface area contributed by atoms with Crippen LogP contribution in [0.1, 0.15) is 13.8 Å². The highest BCUT2D eigenvalue weighted by Gasteiger charge is 2.27. The molecule has 17 heavy (non-hydrogen) atoms. The first-order valence-electron chi connectivity index (χ1n) is 5.03. The molecule has 0 aliphatic rings. The first kappa shape index (κ1) is 19.2. The molecule has 0 heterocycles. The molecule has 0 saturated carbocycles. The maximum atomic E-state index is 11.6. The molecule has 6 radical (unpaired) electrons. The topological polar surface area (TPSA) is 61.8 Å². The SMILES string of the molecule is CCOP(=O)(CC(=O)OC)OCC.[B]B([B])[B]. The summed E-state index contributed by atoms with van der Waals surface area (Å²) in [7, 11) is 12.0. The zero-order valence-corrected chi connectivity index (χ0v) is 11.3. The second-order valence-corrected chi connectivity index (χ2v) is 4.81. The normalized spacial score (nSPS) is 10.1. The lowest BCUT2D eigenvalue weighted by molar-refractivity contribution is -0.137. The predicted octanol–water partition coefficient (Wildman–Crippen LogP) is -0.0977. The van der Waals surface area contributed by atoms with Crippen LogP contribution >= 0.6 is 7.60 Å². The number of hydrogen-bond acceptors (Lipinski definition) is 5. The molecular formula is C7H15B4O5P. The molecule has 0 fully saturated rings. The van der Waals surface area contributed by atoms with Crippen LogP contribution in [-0.4, -0.2) is 62.1 Å². The first-order valence-corrected chi connectivity index (χ1v) is 6.75. The van der Waals surface area contributed by atoms with Gasteiger partial charge in [0.1, 0.15) is 6.16 Å². The number of carbonyl (C=O) groups is 1. The first-order chi connectivity index (χ1) is 7.81. The fourth-order valence-corrected chi connectivity index (χ4v) is 2.23. The maximum absolute atomic E-state index is 11.6. The van der Waals surface area contributed by atoms with Crippen LogP contribution < -0.4 is 0 Å². The van der Waals surface area contributed by atoms with Crippen LogP contribution in [0.25, 0.3) is 0 Å². The fraction of sp³-hybridized carbons (Fsp3) is 0.857. The third-order valence-corrected chi connectivity index (χ3v) is 3.15. The summed E-state index contributed by atoms with van der Waals surface area (Å²) in [6.07, 6.45) is -0.995. The Kier molecular flexibility index (Phi) is 12.4. The summed E-state index contributed by atoms with van der Waals surface area (Å²) >= 11 is 0. The van der Waals surface area contributed by atoms with Gasteiger partial charge < -0.3 is 13.8 Å². The average Bonchev–Trinajstić information content (AvgIpc) is 2.17. The van der Waals surface area contributed by atoms with Gasteiger partial charge in [-0.1, -0.05) is 0 Å². The summed E-state index contributed by atoms with van der Waals surface area (Å²) < 4.78 is 25.8. The summed E-state index contributed by atoms with van der Waals surface area (Å²) in [6.45, 7) is 3.86. The Balaban J connectivity index is 0. The van der Waals surface area contributed by atoms with Crippen LogP contribution in [0.15, 0.2) is 0 Å². The Labute approximate surface area is 107 Å². The molecule has 0 aromatic heterocycles. The fourth-order valence-electron chi connectivity index (χ4n) is 0.745. The van der Waals surface area contributed by atoms with Gasteiger partial charge in [-0.2, -0.15) is 0 Å². The molecule has 90 valence electrons. The lowest BCUT2D eigenvalue weighted by atomic mass is 9.08. The third-order valence-electron chi connectivity index (χ3n) is 1.20. The van der Waals surface area contributed by atoms with Gasteiger partial charge in [-0.3, -0.25) is 9.36 Å². The van der Waals surface area contributed by atoms with Gasteiger partial charge in [0.15, 0.2) is 0 Å². The van der Waals surface area contributed by atoms with Gasteiger partial charge in [0.2, 0.25) is 0 Å². The molecule has 0 aliphatic heterocycles. The Morgan fingerprint density at radius 2 is 1.53 bits per heavy atom. The lowest BCUT2D eigenvalue weighted by Crippen LogP contribution is -2.11. The molecule has 0 spiro atoms. The van der Waals surface area contributed by atoms with Gasteiger partial charge in [-0.15, -0.1) is 0 Å². The Bertz CT molecular complexity index is 238. The number of rotatable bonds is 6. The van der Waals surface area contributed by atoms with Crippen LogP contribution in [-0.2, 0) is 23.1 Å². The average molecular weight is 253 g/mol. The minimum atomic E-state index is -3.27. The monoisotopic (exact) mass is 254 g/mol. The van der Waals surface area contributed by atoms with Crippen molar-refractivity contribution in [1.29, 1.82) is 0 Å². The predicted molar refractivity (Wildman–Crippen MR) is 70.8 cm³/mol. The Morgan fingerprint density at radius 1 is 1.18 bits per heavy atom. The van der Waals surface area contributed by atoms with E-state index in [1.54, 1.807) is 13.8 Å². The Morgan fingerprint density at radius 3 is 1.76 bits per heavy atom. The van der Waals surface area contributed by atoms with Crippen LogP contribution in [0.2, 0.25) is 0 Å². The van der Waals surface area contributed by atoms with E-state index in [0.29, 0.717) is 0 Å². The molecular weight excluding hydrogens is 238 g/mol. The summed E-state index contributed by atoms with van der Waals surface area (Å²) in [5.41, 5.74) is 0. The number of hydrogen-bond donors (Lipinski definition) is 0. The smallest absolute Gasteiger partial charge is 0.341 e. The summed E-state index contributed by atoms with van der Waals surface area (Å²) in [6, 6.07) is 0. The molecule has 0 unspecified atom stereocenters. The molecule has 0 bridgehead atoms. The van der Waals surface area contributed by atoms with Gasteiger partial charge in [-0.25, -0.2) is 0 Å². The van der Waals surface area contributed by atoms with Crippen LogP contribution in [0, 0.1) is 0 Å². The van der Waals surface area contributed by atoms with E-state index in [4.69, 9.17) is 9.05 Å². The largest absolute Gasteiger partial charge is 0.469 e. The number of esters is 1. The molecule has 0 aromatic rings. The van der Waals surface area contributed by atoms with E-state index >= 15 is 0 Å². The van der Waals surface area contributed by atoms with Crippen molar-refractivity contribution < 1.29 is 23.1 Å². The standard InChI is InChI=1S/C7H15O5P.B4/c1-4-11-13(9,12-5-2)6-7(8)10-3;1-4(2)3/h4-6H2,1-3H3;. The molecule has 0 atom stereocenters. The maximum Gasteiger partial charge on any atom is 0.341 e. The second kappa shape index (κ2) is 11.0. The van der Waals surface area contributed by atoms with Gasteiger partial charge >= 0.3 is 13.6 Å². The zero-order chi connectivity index (χ0) is 13.9. The van der Waals surface area contributed by atoms with Crippen LogP contribution in [0.4, 0.5) is 0 Å². The molecule has 0 amide bonds. The zero-order valence-electron chi connectivity index (χ0n) is 10.4. The number of ether oxygens (including phenoxy) is 1. The summed E-state index contributed by atoms with van der Waals surface area (Å²) in [5, 5.41) is 0. The van der Waals surface area contributed by atoms with E-state index in [2.05, 4.69) is 27.9 Å². The Hall–Kier alpha value is -0.120. The molecule has 10 heteroatoms. The minimum Gasteiger partial charge on any atom is -0.469 e. The second-order valence-electron chi connectivity index (χ2n) is 2.76. The summed E-state index contributed by atoms with van der Waals surface area (Å²) in [4.78, 5) is 10.8. The quantitative estimate of drug-likeness (QED) is 0.376. The van der Waals surface area contributed by atoms with E-state index in [1.807, 2.05) is 0 Å². The molecule has 0 saturated heterocycles. The highest BCUT2D eigenvalue weighted by Crippen LogP contribution is 2.47. The minimum absolute atomic E-state index is 0.244. The molecule has 5 nitrogen and oxygen atoms in total. The highest BCUT2D eigenvalue weighted by atomic mass is 31.2. The highest BCUT2D eigenvalue weighted by molar-refractivity contribution is 7.54. The van der Waals surface area contributed by atoms with Crippen molar-refractivity contribution in [2.45, 2.75) is 13.8 Å². The third kappa shape index (κ3) is 13.8. The molecule has 0 rings (SSSR count). The van der Waals surface area contributed by atoms with E-state index in [9.17, 15) is 9.36 Å². The van der Waals surface area contributed by atoms with Crippen molar-refractivity contribution in [3.63, 3.8) is 0 Å². The van der Waals surface area contributed by atoms with Gasteiger partial charge in [0.05, 0.1) is 20.3 Å². The van der Waals surface area contributed by atoms with Crippen molar-refractivity contribution in [2.24, 2.45) is 0 Å². The van der Waals surface area contributed by atoms with E-state index in [-0.39, 0.29) is 19.4 Å². The van der Waals surface area contributed by atoms with Crippen molar-refractivity contribution in [3.05, 3.63) is 0 Å². The van der Waals surface area contributed by atoms with Crippen molar-refractivity contribution in [3.8, 4) is 0 Å². The van der Waals surface area contributed by atoms with Crippen LogP contribution in [0.3, 0.4) is 0 Å². The lowest BCUT2D eigenvalue weighted by Gasteiger charge is -2.15. The summed E-state index contributed by atoms with van der Waals surface area (Å²) in [5.74, 6) is -0.592. The number of carbonyl (C=O) groups excluding carboxylic acids is 1. The molecule has 0 aromatic carbocycles. The molecule has 0 N–H and O–H groups in total. The molecule has 0 aliphatic carbocycles. The van der Waals surface area contributed by atoms with Gasteiger partial charge in [0.25, 0.3) is 0 Å². The van der Waals surface area contributed by atoms with Crippen molar-refractivity contribution >= 4 is 43.2 Å². The number of methoxy groups -OCH3 is 1. The van der Waals surface area contributed by atoms with Gasteiger partial charge in [-0.05, 0) is 13.8 Å². The van der Waals surface area contributed by atoms with Crippen LogP contribution in [0.5, 0.6) is 0 Å². The van der Waals surface area contributed by atoms with Crippen molar-refractivity contribution in [1.82, 2.24) is 0 Å². The van der Waals surface area contributed by atoms with E-state index in [1.165, 1.54) is 7.11 Å². The van der Waals surface area contributed by atoms with E-state index in [0.717, 1.165) is 0 Å². The van der Waals surface area contributed by atoms with Gasteiger partial charge in [0, 0.05) is 29.6 Å². The van der Waals surface area contributed by atoms with E-state index < -0.39 is 20.0 Å². The van der Waals surface area contributed by atoms with Crippen molar-refractivity contribution in [2.75, 3.05) is 26.5 Å².